The third-order valence-electron chi connectivity index (χ3n) is 10.4. The minimum Gasteiger partial charge on any atom is -0.456 e. The number of nitrogens with zero attached hydrogens (tertiary/aromatic N) is 4. The molecule has 0 bridgehead atoms. The monoisotopic (exact) mass is 545 g/mol. The molecule has 2 aliphatic heterocycles. The number of hydrogen-bond acceptors (Lipinski definition) is 6. The molecule has 2 aromatic rings. The lowest BCUT2D eigenvalue weighted by molar-refractivity contribution is -0.146. The van der Waals surface area contributed by atoms with E-state index in [4.69, 9.17) is 9.47 Å². The van der Waals surface area contributed by atoms with E-state index in [9.17, 15) is 0 Å². The van der Waals surface area contributed by atoms with Gasteiger partial charge in [-0.1, -0.05) is 0 Å². The summed E-state index contributed by atoms with van der Waals surface area (Å²) in [5.41, 5.74) is 5.01. The van der Waals surface area contributed by atoms with Crippen molar-refractivity contribution >= 4 is 11.4 Å². The van der Waals surface area contributed by atoms with E-state index in [2.05, 4.69) is 112 Å². The Morgan fingerprint density at radius 2 is 1.07 bits per heavy atom. The van der Waals surface area contributed by atoms with Crippen molar-refractivity contribution in [2.45, 2.75) is 68.7 Å². The molecule has 2 aliphatic carbocycles. The largest absolute Gasteiger partial charge is 0.456 e. The van der Waals surface area contributed by atoms with Crippen LogP contribution in [0.25, 0.3) is 0 Å². The highest BCUT2D eigenvalue weighted by molar-refractivity contribution is 5.65. The number of fused-ring (bicyclic) bond motifs is 4. The molecule has 0 aromatic heterocycles. The van der Waals surface area contributed by atoms with Gasteiger partial charge in [-0.25, -0.2) is 0 Å². The highest BCUT2D eigenvalue weighted by atomic mass is 16.5. The van der Waals surface area contributed by atoms with Crippen LogP contribution in [-0.4, -0.2) is 90.5 Å². The van der Waals surface area contributed by atoms with Crippen molar-refractivity contribution < 1.29 is 9.47 Å². The first-order valence-electron chi connectivity index (χ1n) is 15.3. The maximum atomic E-state index is 7.13. The van der Waals surface area contributed by atoms with Gasteiger partial charge < -0.3 is 29.1 Å². The van der Waals surface area contributed by atoms with E-state index in [-0.39, 0.29) is 18.1 Å². The average Bonchev–Trinajstić information content (AvgIpc) is 2.93. The summed E-state index contributed by atoms with van der Waals surface area (Å²) >= 11 is 0. The van der Waals surface area contributed by atoms with Gasteiger partial charge >= 0.3 is 0 Å². The predicted molar refractivity (Wildman–Crippen MR) is 165 cm³/mol. The Morgan fingerprint density at radius 3 is 1.48 bits per heavy atom. The van der Waals surface area contributed by atoms with Crippen LogP contribution in [-0.2, 0) is 4.74 Å². The minimum absolute atomic E-state index is 0.238. The summed E-state index contributed by atoms with van der Waals surface area (Å²) in [6, 6.07) is 14.9. The van der Waals surface area contributed by atoms with Gasteiger partial charge in [0.1, 0.15) is 41.5 Å². The van der Waals surface area contributed by atoms with Crippen molar-refractivity contribution in [1.29, 1.82) is 0 Å². The van der Waals surface area contributed by atoms with Crippen LogP contribution in [0.5, 0.6) is 11.5 Å². The molecule has 2 saturated carbocycles. The van der Waals surface area contributed by atoms with Crippen LogP contribution in [0.3, 0.4) is 0 Å². The van der Waals surface area contributed by atoms with Crippen molar-refractivity contribution in [3.05, 3.63) is 53.4 Å². The maximum absolute atomic E-state index is 7.13. The first kappa shape index (κ1) is 27.7. The number of rotatable bonds is 5. The van der Waals surface area contributed by atoms with Gasteiger partial charge in [-0.05, 0) is 91.0 Å². The molecule has 40 heavy (non-hydrogen) atoms. The second-order valence-corrected chi connectivity index (χ2v) is 13.6. The maximum Gasteiger partial charge on any atom is 0.158 e. The Morgan fingerprint density at radius 1 is 0.625 bits per heavy atom. The van der Waals surface area contributed by atoms with Gasteiger partial charge in [0.05, 0.1) is 0 Å². The Bertz CT molecular complexity index is 1120. The first-order chi connectivity index (χ1) is 19.1. The van der Waals surface area contributed by atoms with Crippen molar-refractivity contribution in [3.8, 4) is 11.5 Å². The molecule has 1 saturated heterocycles. The van der Waals surface area contributed by atoms with Gasteiger partial charge in [-0.15, -0.1) is 0 Å². The second kappa shape index (κ2) is 10.8. The number of ether oxygens (including phenoxy) is 2. The third-order valence-corrected chi connectivity index (χ3v) is 10.4. The van der Waals surface area contributed by atoms with Gasteiger partial charge in [-0.3, -0.25) is 0 Å². The molecule has 0 spiro atoms. The van der Waals surface area contributed by atoms with Gasteiger partial charge in [0.25, 0.3) is 0 Å². The zero-order valence-corrected chi connectivity index (χ0v) is 25.9. The van der Waals surface area contributed by atoms with E-state index in [1.54, 1.807) is 5.92 Å². The number of hydrogen-bond donors (Lipinski definition) is 0. The molecule has 2 heterocycles. The zero-order valence-electron chi connectivity index (χ0n) is 25.9. The van der Waals surface area contributed by atoms with Crippen molar-refractivity contribution in [2.75, 3.05) is 66.2 Å². The lowest BCUT2D eigenvalue weighted by Crippen LogP contribution is -2.56. The summed E-state index contributed by atoms with van der Waals surface area (Å²) in [6.45, 7) is 0. The van der Waals surface area contributed by atoms with Crippen molar-refractivity contribution in [2.24, 2.45) is 11.8 Å². The molecular formula is C34H49N4O2+. The lowest BCUT2D eigenvalue weighted by Gasteiger charge is -2.50. The first-order valence-corrected chi connectivity index (χ1v) is 15.3. The minimum atomic E-state index is 0.238. The fourth-order valence-electron chi connectivity index (χ4n) is 8.05. The van der Waals surface area contributed by atoms with Crippen LogP contribution >= 0.6 is 0 Å². The molecule has 0 N–H and O–H groups in total. The number of benzene rings is 2. The average molecular weight is 546 g/mol. The van der Waals surface area contributed by atoms with Gasteiger partial charge in [-0.2, -0.15) is 0 Å². The normalized spacial score (nSPS) is 29.8. The fraction of sp³-hybridized carbons (Fsp3) is 0.618. The summed E-state index contributed by atoms with van der Waals surface area (Å²) in [5.74, 6) is 4.96. The molecule has 0 radical (unpaired) electrons. The fourth-order valence-corrected chi connectivity index (χ4v) is 8.05. The Balaban J connectivity index is 1.47. The van der Waals surface area contributed by atoms with E-state index in [0.717, 1.165) is 24.3 Å². The SMILES string of the molecule is CN(C)c1ccc2c(c1)Oc1cc(N(C)C)ccc1C2[C+]1C2CCC(N(C)C)CC2OC2CC(N(C)C)CCC12. The molecule has 6 rings (SSSR count). The molecule has 3 fully saturated rings. The van der Waals surface area contributed by atoms with Crippen LogP contribution in [0.4, 0.5) is 11.4 Å². The topological polar surface area (TPSA) is 31.4 Å². The molecule has 6 nitrogen and oxygen atoms in total. The highest BCUT2D eigenvalue weighted by Gasteiger charge is 2.61. The Hall–Kier alpha value is -2.41. The summed E-state index contributed by atoms with van der Waals surface area (Å²) in [6.07, 6.45) is 7.71. The van der Waals surface area contributed by atoms with Crippen LogP contribution in [0.1, 0.15) is 55.6 Å². The number of anilines is 2. The van der Waals surface area contributed by atoms with Crippen molar-refractivity contribution in [1.82, 2.24) is 9.80 Å². The van der Waals surface area contributed by atoms with Gasteiger partial charge in [0, 0.05) is 74.9 Å². The molecule has 2 aromatic carbocycles. The lowest BCUT2D eigenvalue weighted by atomic mass is 9.57. The molecular weight excluding hydrogens is 496 g/mol. The molecule has 6 unspecified atom stereocenters. The van der Waals surface area contributed by atoms with E-state index in [0.29, 0.717) is 23.9 Å². The molecule has 6 atom stereocenters. The highest BCUT2D eigenvalue weighted by Crippen LogP contribution is 2.60. The Kier molecular flexibility index (Phi) is 7.47. The third kappa shape index (κ3) is 4.86. The summed E-state index contributed by atoms with van der Waals surface area (Å²) in [4.78, 5) is 9.17. The summed E-state index contributed by atoms with van der Waals surface area (Å²) in [7, 11) is 17.4. The predicted octanol–water partition coefficient (Wildman–Crippen LogP) is 5.86. The van der Waals surface area contributed by atoms with Gasteiger partial charge in [0.2, 0.25) is 0 Å². The van der Waals surface area contributed by atoms with E-state index >= 15 is 0 Å². The smallest absolute Gasteiger partial charge is 0.158 e. The zero-order chi connectivity index (χ0) is 28.3. The van der Waals surface area contributed by atoms with Crippen LogP contribution in [0.15, 0.2) is 36.4 Å². The van der Waals surface area contributed by atoms with E-state index < -0.39 is 0 Å². The molecule has 216 valence electrons. The van der Waals surface area contributed by atoms with Crippen LogP contribution in [0, 0.1) is 17.8 Å². The standard InChI is InChI=1S/C34H49N4O2/c1-35(2)21-9-13-25-29(17-21)39-30-18-22(36(3)4)10-14-26(30)33(25)34-27-15-11-23(37(5)6)19-31(27)40-32-20-24(38(7)8)12-16-28(32)34/h9-10,13-14,17-18,23-24,27-28,31-33H,11-12,15-16,19-20H2,1-8H3/q+1. The Labute approximate surface area is 242 Å². The summed E-state index contributed by atoms with van der Waals surface area (Å²) in [5, 5.41) is 0. The summed E-state index contributed by atoms with van der Waals surface area (Å²) < 4.78 is 13.9. The quantitative estimate of drug-likeness (QED) is 0.438. The molecule has 6 heteroatoms. The van der Waals surface area contributed by atoms with Crippen molar-refractivity contribution in [3.63, 3.8) is 0 Å². The van der Waals surface area contributed by atoms with Gasteiger partial charge in [0.15, 0.2) is 5.92 Å². The van der Waals surface area contributed by atoms with Crippen LogP contribution in [0.2, 0.25) is 0 Å². The molecule has 4 aliphatic rings. The second-order valence-electron chi connectivity index (χ2n) is 13.6. The molecule has 0 amide bonds. The van der Waals surface area contributed by atoms with Crippen LogP contribution < -0.4 is 14.5 Å². The van der Waals surface area contributed by atoms with E-state index in [1.165, 1.54) is 48.2 Å². The van der Waals surface area contributed by atoms with E-state index in [1.807, 2.05) is 0 Å².